The molecule has 1 fully saturated rings. The molecule has 2 rings (SSSR count). The van der Waals surface area contributed by atoms with E-state index in [0.29, 0.717) is 25.9 Å². The Morgan fingerprint density at radius 3 is 3.12 bits per heavy atom. The lowest BCUT2D eigenvalue weighted by Crippen LogP contribution is -2.47. The Bertz CT molecular complexity index is 312. The summed E-state index contributed by atoms with van der Waals surface area (Å²) in [6.07, 6.45) is 4.78. The van der Waals surface area contributed by atoms with E-state index in [4.69, 9.17) is 9.47 Å². The van der Waals surface area contributed by atoms with Crippen LogP contribution in [0.3, 0.4) is 0 Å². The smallest absolute Gasteiger partial charge is 0.0965 e. The van der Waals surface area contributed by atoms with Gasteiger partial charge in [0.1, 0.15) is 0 Å². The molecule has 1 saturated heterocycles. The first-order chi connectivity index (χ1) is 8.40. The van der Waals surface area contributed by atoms with E-state index in [9.17, 15) is 0 Å². The van der Waals surface area contributed by atoms with Crippen LogP contribution in [0.2, 0.25) is 0 Å². The zero-order valence-corrected chi connectivity index (χ0v) is 10.3. The summed E-state index contributed by atoms with van der Waals surface area (Å²) in [6, 6.07) is 4.36. The molecule has 2 unspecified atom stereocenters. The second kappa shape index (κ2) is 6.69. The Morgan fingerprint density at radius 1 is 1.53 bits per heavy atom. The second-order valence-corrected chi connectivity index (χ2v) is 4.21. The molecule has 0 amide bonds. The SMILES string of the molecule is CCNC(Cc1cccnc1)C1COCCO1. The van der Waals surface area contributed by atoms with Crippen molar-refractivity contribution in [2.45, 2.75) is 25.5 Å². The van der Waals surface area contributed by atoms with Crippen molar-refractivity contribution < 1.29 is 9.47 Å². The van der Waals surface area contributed by atoms with E-state index in [-0.39, 0.29) is 6.10 Å². The molecule has 0 aliphatic carbocycles. The molecule has 4 heteroatoms. The standard InChI is InChI=1S/C13H20N2O2/c1-2-15-12(13-10-16-6-7-17-13)8-11-4-3-5-14-9-11/h3-5,9,12-13,15H,2,6-8,10H2,1H3. The average Bonchev–Trinajstić information content (AvgIpc) is 2.40. The van der Waals surface area contributed by atoms with Gasteiger partial charge in [-0.05, 0) is 24.6 Å². The largest absolute Gasteiger partial charge is 0.376 e. The fraction of sp³-hybridized carbons (Fsp3) is 0.615. The van der Waals surface area contributed by atoms with Gasteiger partial charge in [0.25, 0.3) is 0 Å². The van der Waals surface area contributed by atoms with Gasteiger partial charge in [-0.1, -0.05) is 13.0 Å². The Balaban J connectivity index is 1.96. The Labute approximate surface area is 102 Å². The van der Waals surface area contributed by atoms with E-state index >= 15 is 0 Å². The molecule has 0 spiro atoms. The van der Waals surface area contributed by atoms with Crippen LogP contribution in [-0.4, -0.2) is 43.5 Å². The van der Waals surface area contributed by atoms with Crippen molar-refractivity contribution in [3.8, 4) is 0 Å². The minimum absolute atomic E-state index is 0.143. The molecule has 94 valence electrons. The van der Waals surface area contributed by atoms with Crippen molar-refractivity contribution in [1.82, 2.24) is 10.3 Å². The molecule has 2 atom stereocenters. The zero-order valence-electron chi connectivity index (χ0n) is 10.3. The number of nitrogens with zero attached hydrogens (tertiary/aromatic N) is 1. The van der Waals surface area contributed by atoms with Crippen molar-refractivity contribution in [1.29, 1.82) is 0 Å². The molecule has 17 heavy (non-hydrogen) atoms. The van der Waals surface area contributed by atoms with Crippen molar-refractivity contribution in [2.75, 3.05) is 26.4 Å². The average molecular weight is 236 g/mol. The normalized spacial score (nSPS) is 22.3. The molecular weight excluding hydrogens is 216 g/mol. The summed E-state index contributed by atoms with van der Waals surface area (Å²) >= 11 is 0. The fourth-order valence-corrected chi connectivity index (χ4v) is 2.11. The second-order valence-electron chi connectivity index (χ2n) is 4.21. The minimum atomic E-state index is 0.143. The van der Waals surface area contributed by atoms with Crippen LogP contribution < -0.4 is 5.32 Å². The quantitative estimate of drug-likeness (QED) is 0.829. The summed E-state index contributed by atoms with van der Waals surface area (Å²) < 4.78 is 11.2. The highest BCUT2D eigenvalue weighted by molar-refractivity contribution is 5.11. The number of rotatable bonds is 5. The fourth-order valence-electron chi connectivity index (χ4n) is 2.11. The van der Waals surface area contributed by atoms with Gasteiger partial charge in [0.15, 0.2) is 0 Å². The van der Waals surface area contributed by atoms with E-state index in [1.54, 1.807) is 6.20 Å². The van der Waals surface area contributed by atoms with Crippen molar-refractivity contribution in [3.63, 3.8) is 0 Å². The van der Waals surface area contributed by atoms with Crippen LogP contribution in [0.1, 0.15) is 12.5 Å². The van der Waals surface area contributed by atoms with Gasteiger partial charge in [0, 0.05) is 18.4 Å². The molecule has 1 aromatic rings. The first-order valence-electron chi connectivity index (χ1n) is 6.21. The third kappa shape index (κ3) is 3.77. The summed E-state index contributed by atoms with van der Waals surface area (Å²) in [7, 11) is 0. The monoisotopic (exact) mass is 236 g/mol. The number of hydrogen-bond acceptors (Lipinski definition) is 4. The van der Waals surface area contributed by atoms with Crippen LogP contribution in [0.4, 0.5) is 0 Å². The zero-order chi connectivity index (χ0) is 11.9. The Morgan fingerprint density at radius 2 is 2.47 bits per heavy atom. The molecule has 1 N–H and O–H groups in total. The van der Waals surface area contributed by atoms with E-state index in [1.165, 1.54) is 5.56 Å². The lowest BCUT2D eigenvalue weighted by molar-refractivity contribution is -0.101. The number of likely N-dealkylation sites (N-methyl/N-ethyl adjacent to an activating group) is 1. The van der Waals surface area contributed by atoms with Gasteiger partial charge in [-0.3, -0.25) is 4.98 Å². The predicted octanol–water partition coefficient (Wildman–Crippen LogP) is 1.02. The maximum atomic E-state index is 5.76. The maximum Gasteiger partial charge on any atom is 0.0965 e. The Kier molecular flexibility index (Phi) is 4.91. The number of nitrogens with one attached hydrogen (secondary N) is 1. The van der Waals surface area contributed by atoms with Gasteiger partial charge in [-0.25, -0.2) is 0 Å². The van der Waals surface area contributed by atoms with Crippen LogP contribution in [0.15, 0.2) is 24.5 Å². The highest BCUT2D eigenvalue weighted by Gasteiger charge is 2.24. The van der Waals surface area contributed by atoms with Gasteiger partial charge in [0.2, 0.25) is 0 Å². The number of ether oxygens (including phenoxy) is 2. The van der Waals surface area contributed by atoms with Gasteiger partial charge in [-0.15, -0.1) is 0 Å². The summed E-state index contributed by atoms with van der Waals surface area (Å²) in [5.74, 6) is 0. The van der Waals surface area contributed by atoms with Crippen molar-refractivity contribution >= 4 is 0 Å². The molecule has 2 heterocycles. The molecule has 1 aliphatic rings. The van der Waals surface area contributed by atoms with Gasteiger partial charge < -0.3 is 14.8 Å². The highest BCUT2D eigenvalue weighted by Crippen LogP contribution is 2.11. The minimum Gasteiger partial charge on any atom is -0.376 e. The molecule has 0 radical (unpaired) electrons. The number of aromatic nitrogens is 1. The lowest BCUT2D eigenvalue weighted by atomic mass is 10.0. The lowest BCUT2D eigenvalue weighted by Gasteiger charge is -2.31. The van der Waals surface area contributed by atoms with E-state index < -0.39 is 0 Å². The summed E-state index contributed by atoms with van der Waals surface area (Å²) in [6.45, 7) is 5.13. The third-order valence-electron chi connectivity index (χ3n) is 2.94. The Hall–Kier alpha value is -0.970. The van der Waals surface area contributed by atoms with Crippen LogP contribution >= 0.6 is 0 Å². The maximum absolute atomic E-state index is 5.76. The van der Waals surface area contributed by atoms with Gasteiger partial charge in [-0.2, -0.15) is 0 Å². The molecule has 1 aromatic heterocycles. The molecule has 4 nitrogen and oxygen atoms in total. The topological polar surface area (TPSA) is 43.4 Å². The van der Waals surface area contributed by atoms with Gasteiger partial charge >= 0.3 is 0 Å². The molecule has 0 aromatic carbocycles. The van der Waals surface area contributed by atoms with Crippen LogP contribution in [-0.2, 0) is 15.9 Å². The molecule has 0 saturated carbocycles. The number of pyridine rings is 1. The highest BCUT2D eigenvalue weighted by atomic mass is 16.6. The third-order valence-corrected chi connectivity index (χ3v) is 2.94. The van der Waals surface area contributed by atoms with E-state index in [2.05, 4.69) is 23.3 Å². The van der Waals surface area contributed by atoms with E-state index in [1.807, 2.05) is 12.3 Å². The van der Waals surface area contributed by atoms with E-state index in [0.717, 1.165) is 13.0 Å². The summed E-state index contributed by atoms with van der Waals surface area (Å²) in [5.41, 5.74) is 1.23. The van der Waals surface area contributed by atoms with Crippen LogP contribution in [0.25, 0.3) is 0 Å². The molecular formula is C13H20N2O2. The summed E-state index contributed by atoms with van der Waals surface area (Å²) in [4.78, 5) is 4.14. The first kappa shape index (κ1) is 12.5. The molecule has 0 bridgehead atoms. The summed E-state index contributed by atoms with van der Waals surface area (Å²) in [5, 5.41) is 3.47. The number of hydrogen-bond donors (Lipinski definition) is 1. The van der Waals surface area contributed by atoms with Gasteiger partial charge in [0.05, 0.1) is 25.9 Å². The van der Waals surface area contributed by atoms with Crippen molar-refractivity contribution in [2.24, 2.45) is 0 Å². The first-order valence-corrected chi connectivity index (χ1v) is 6.21. The predicted molar refractivity (Wildman–Crippen MR) is 66.0 cm³/mol. The van der Waals surface area contributed by atoms with Crippen LogP contribution in [0, 0.1) is 0 Å². The van der Waals surface area contributed by atoms with Crippen molar-refractivity contribution in [3.05, 3.63) is 30.1 Å². The molecule has 1 aliphatic heterocycles. The van der Waals surface area contributed by atoms with Crippen LogP contribution in [0.5, 0.6) is 0 Å².